The lowest BCUT2D eigenvalue weighted by atomic mass is 10.2. The molecule has 0 fully saturated rings. The Morgan fingerprint density at radius 3 is 2.29 bits per heavy atom. The second-order valence-electron chi connectivity index (χ2n) is 6.30. The molecule has 0 radical (unpaired) electrons. The summed E-state index contributed by atoms with van der Waals surface area (Å²) in [4.78, 5) is 13.4. The molecule has 2 aromatic heterocycles. The van der Waals surface area contributed by atoms with Crippen molar-refractivity contribution in [3.63, 3.8) is 0 Å². The number of carbonyl (C=O) groups is 1. The van der Waals surface area contributed by atoms with Crippen LogP contribution >= 0.6 is 22.7 Å². The number of para-hydroxylation sites is 1. The van der Waals surface area contributed by atoms with Gasteiger partial charge in [-0.1, -0.05) is 36.4 Å². The van der Waals surface area contributed by atoms with Crippen molar-refractivity contribution in [2.75, 3.05) is 5.32 Å². The SMILES string of the molecule is O=C(Nc1ccc(Oc2ccccc2)cc1)c1cc2sc3ccccc3c2s1. The van der Waals surface area contributed by atoms with Crippen LogP contribution in [-0.4, -0.2) is 5.91 Å². The maximum absolute atomic E-state index is 12.7. The zero-order valence-electron chi connectivity index (χ0n) is 14.7. The molecule has 5 heteroatoms. The molecule has 0 aliphatic heterocycles. The maximum atomic E-state index is 12.7. The van der Waals surface area contributed by atoms with E-state index < -0.39 is 0 Å². The van der Waals surface area contributed by atoms with Gasteiger partial charge in [-0.05, 0) is 48.5 Å². The molecule has 0 unspecified atom stereocenters. The van der Waals surface area contributed by atoms with Crippen LogP contribution in [0.4, 0.5) is 5.69 Å². The van der Waals surface area contributed by atoms with Gasteiger partial charge >= 0.3 is 0 Å². The molecule has 0 bridgehead atoms. The number of nitrogens with one attached hydrogen (secondary N) is 1. The highest BCUT2D eigenvalue weighted by Gasteiger charge is 2.14. The molecule has 0 atom stereocenters. The van der Waals surface area contributed by atoms with E-state index in [4.69, 9.17) is 4.74 Å². The minimum atomic E-state index is -0.0887. The quantitative estimate of drug-likeness (QED) is 0.347. The summed E-state index contributed by atoms with van der Waals surface area (Å²) in [5.74, 6) is 1.42. The molecule has 5 rings (SSSR count). The van der Waals surface area contributed by atoms with E-state index in [2.05, 4.69) is 17.4 Å². The average Bonchev–Trinajstić information content (AvgIpc) is 3.28. The predicted octanol–water partition coefficient (Wildman–Crippen LogP) is 7.16. The van der Waals surface area contributed by atoms with Crippen LogP contribution in [0.5, 0.6) is 11.5 Å². The van der Waals surface area contributed by atoms with Gasteiger partial charge in [0.05, 0.1) is 9.58 Å². The highest BCUT2D eigenvalue weighted by atomic mass is 32.1. The highest BCUT2D eigenvalue weighted by Crippen LogP contribution is 2.39. The molecule has 1 amide bonds. The van der Waals surface area contributed by atoms with Crippen molar-refractivity contribution in [2.45, 2.75) is 0 Å². The number of ether oxygens (including phenoxy) is 1. The summed E-state index contributed by atoms with van der Waals surface area (Å²) >= 11 is 3.26. The van der Waals surface area contributed by atoms with E-state index in [0.29, 0.717) is 0 Å². The van der Waals surface area contributed by atoms with E-state index >= 15 is 0 Å². The van der Waals surface area contributed by atoms with Gasteiger partial charge in [-0.25, -0.2) is 0 Å². The Morgan fingerprint density at radius 2 is 1.46 bits per heavy atom. The molecule has 5 aromatic rings. The van der Waals surface area contributed by atoms with Crippen molar-refractivity contribution in [3.05, 3.63) is 89.8 Å². The maximum Gasteiger partial charge on any atom is 0.265 e. The fourth-order valence-corrected chi connectivity index (χ4v) is 5.46. The first kappa shape index (κ1) is 17.0. The van der Waals surface area contributed by atoms with Gasteiger partial charge < -0.3 is 10.1 Å². The minimum absolute atomic E-state index is 0.0887. The predicted molar refractivity (Wildman–Crippen MR) is 118 cm³/mol. The third-order valence-corrected chi connectivity index (χ3v) is 6.78. The van der Waals surface area contributed by atoms with Gasteiger partial charge in [0.15, 0.2) is 0 Å². The summed E-state index contributed by atoms with van der Waals surface area (Å²) < 4.78 is 9.37. The number of hydrogen-bond donors (Lipinski definition) is 1. The summed E-state index contributed by atoms with van der Waals surface area (Å²) in [6.45, 7) is 0. The fourth-order valence-electron chi connectivity index (χ4n) is 3.04. The van der Waals surface area contributed by atoms with Crippen LogP contribution in [0.2, 0.25) is 0 Å². The first-order valence-corrected chi connectivity index (χ1v) is 10.4. The second kappa shape index (κ2) is 7.11. The van der Waals surface area contributed by atoms with Crippen LogP contribution in [0.15, 0.2) is 84.9 Å². The molecule has 2 heterocycles. The standard InChI is InChI=1S/C23H15NO2S2/c25-23(21-14-20-22(28-21)18-8-4-5-9-19(18)27-20)24-15-10-12-17(13-11-15)26-16-6-2-1-3-7-16/h1-14H,(H,24,25). The summed E-state index contributed by atoms with van der Waals surface area (Å²) in [6, 6.07) is 27.3. The normalized spacial score (nSPS) is 11.0. The Hall–Kier alpha value is -3.15. The number of rotatable bonds is 4. The zero-order chi connectivity index (χ0) is 18.9. The van der Waals surface area contributed by atoms with E-state index in [9.17, 15) is 4.79 Å². The molecule has 0 aliphatic carbocycles. The molecular weight excluding hydrogens is 386 g/mol. The van der Waals surface area contributed by atoms with Crippen molar-refractivity contribution < 1.29 is 9.53 Å². The first-order valence-electron chi connectivity index (χ1n) is 8.82. The molecule has 0 aliphatic rings. The molecular formula is C23H15NO2S2. The van der Waals surface area contributed by atoms with Crippen LogP contribution in [0.1, 0.15) is 9.67 Å². The van der Waals surface area contributed by atoms with Crippen molar-refractivity contribution in [3.8, 4) is 11.5 Å². The number of thiophene rings is 2. The van der Waals surface area contributed by atoms with Gasteiger partial charge in [0.25, 0.3) is 5.91 Å². The third-order valence-electron chi connectivity index (χ3n) is 4.36. The molecule has 0 saturated carbocycles. The number of hydrogen-bond acceptors (Lipinski definition) is 4. The topological polar surface area (TPSA) is 38.3 Å². The van der Waals surface area contributed by atoms with Crippen molar-refractivity contribution in [2.24, 2.45) is 0 Å². The number of anilines is 1. The summed E-state index contributed by atoms with van der Waals surface area (Å²) in [5.41, 5.74) is 0.743. The first-order chi connectivity index (χ1) is 13.8. The summed E-state index contributed by atoms with van der Waals surface area (Å²) in [6.07, 6.45) is 0. The lowest BCUT2D eigenvalue weighted by Gasteiger charge is -2.07. The molecule has 28 heavy (non-hydrogen) atoms. The summed E-state index contributed by atoms with van der Waals surface area (Å²) in [7, 11) is 0. The Balaban J connectivity index is 1.33. The zero-order valence-corrected chi connectivity index (χ0v) is 16.3. The van der Waals surface area contributed by atoms with Crippen molar-refractivity contribution in [1.82, 2.24) is 0 Å². The minimum Gasteiger partial charge on any atom is -0.457 e. The van der Waals surface area contributed by atoms with Crippen molar-refractivity contribution in [1.29, 1.82) is 0 Å². The Bertz CT molecular complexity index is 1270. The fraction of sp³-hybridized carbons (Fsp3) is 0. The van der Waals surface area contributed by atoms with Gasteiger partial charge in [0, 0.05) is 20.5 Å². The van der Waals surface area contributed by atoms with Crippen LogP contribution < -0.4 is 10.1 Å². The number of fused-ring (bicyclic) bond motifs is 3. The van der Waals surface area contributed by atoms with Gasteiger partial charge in [0.1, 0.15) is 11.5 Å². The van der Waals surface area contributed by atoms with E-state index in [1.54, 1.807) is 11.3 Å². The van der Waals surface area contributed by atoms with Crippen LogP contribution in [0.3, 0.4) is 0 Å². The van der Waals surface area contributed by atoms with Crippen LogP contribution in [0, 0.1) is 0 Å². The van der Waals surface area contributed by atoms with E-state index in [1.807, 2.05) is 72.8 Å². The Kier molecular flexibility index (Phi) is 4.31. The molecule has 0 saturated heterocycles. The van der Waals surface area contributed by atoms with E-state index in [1.165, 1.54) is 26.1 Å². The molecule has 136 valence electrons. The Morgan fingerprint density at radius 1 is 0.750 bits per heavy atom. The lowest BCUT2D eigenvalue weighted by molar-refractivity contribution is 0.103. The van der Waals surface area contributed by atoms with E-state index in [-0.39, 0.29) is 5.91 Å². The van der Waals surface area contributed by atoms with Crippen LogP contribution in [-0.2, 0) is 0 Å². The molecule has 0 spiro atoms. The summed E-state index contributed by atoms with van der Waals surface area (Å²) in [5, 5.41) is 4.19. The van der Waals surface area contributed by atoms with Gasteiger partial charge in [0.2, 0.25) is 0 Å². The second-order valence-corrected chi connectivity index (χ2v) is 8.43. The number of benzene rings is 3. The lowest BCUT2D eigenvalue weighted by Crippen LogP contribution is -2.09. The van der Waals surface area contributed by atoms with Crippen molar-refractivity contribution >= 4 is 53.8 Å². The average molecular weight is 402 g/mol. The van der Waals surface area contributed by atoms with Gasteiger partial charge in [-0.15, -0.1) is 22.7 Å². The smallest absolute Gasteiger partial charge is 0.265 e. The van der Waals surface area contributed by atoms with E-state index in [0.717, 1.165) is 26.8 Å². The van der Waals surface area contributed by atoms with Gasteiger partial charge in [-0.2, -0.15) is 0 Å². The van der Waals surface area contributed by atoms with Crippen LogP contribution in [0.25, 0.3) is 19.5 Å². The molecule has 3 aromatic carbocycles. The third kappa shape index (κ3) is 3.26. The Labute approximate surface area is 169 Å². The highest BCUT2D eigenvalue weighted by molar-refractivity contribution is 7.33. The largest absolute Gasteiger partial charge is 0.457 e. The molecule has 3 nitrogen and oxygen atoms in total. The van der Waals surface area contributed by atoms with Gasteiger partial charge in [-0.3, -0.25) is 4.79 Å². The number of carbonyl (C=O) groups excluding carboxylic acids is 1. The molecule has 1 N–H and O–H groups in total. The monoisotopic (exact) mass is 401 g/mol. The number of amides is 1.